The van der Waals surface area contributed by atoms with Crippen molar-refractivity contribution in [2.75, 3.05) is 13.1 Å². The summed E-state index contributed by atoms with van der Waals surface area (Å²) >= 11 is 0. The molecule has 30 heavy (non-hydrogen) atoms. The monoisotopic (exact) mass is 403 g/mol. The van der Waals surface area contributed by atoms with E-state index in [0.29, 0.717) is 18.7 Å². The van der Waals surface area contributed by atoms with Gasteiger partial charge in [-0.1, -0.05) is 48.6 Å². The number of pyridine rings is 1. The van der Waals surface area contributed by atoms with Crippen LogP contribution in [-0.4, -0.2) is 45.6 Å². The van der Waals surface area contributed by atoms with Gasteiger partial charge in [-0.2, -0.15) is 0 Å². The molecule has 0 aliphatic carbocycles. The van der Waals surface area contributed by atoms with Gasteiger partial charge in [-0.15, -0.1) is 13.2 Å². The van der Waals surface area contributed by atoms with E-state index in [0.717, 1.165) is 5.56 Å². The summed E-state index contributed by atoms with van der Waals surface area (Å²) < 4.78 is 0. The van der Waals surface area contributed by atoms with Crippen LogP contribution in [0.3, 0.4) is 0 Å². The van der Waals surface area contributed by atoms with Crippen molar-refractivity contribution < 1.29 is 14.4 Å². The molecule has 1 aromatic heterocycles. The van der Waals surface area contributed by atoms with Crippen LogP contribution in [0.25, 0.3) is 0 Å². The van der Waals surface area contributed by atoms with Gasteiger partial charge in [0.1, 0.15) is 0 Å². The molecule has 6 nitrogen and oxygen atoms in total. The number of aromatic nitrogens is 1. The Hall–Kier alpha value is -3.54. The summed E-state index contributed by atoms with van der Waals surface area (Å²) in [6, 6.07) is 12.7. The van der Waals surface area contributed by atoms with E-state index >= 15 is 0 Å². The number of carbonyl (C=O) groups excluding carboxylic acids is 3. The van der Waals surface area contributed by atoms with Crippen LogP contribution in [0.1, 0.15) is 24.0 Å². The van der Waals surface area contributed by atoms with Crippen molar-refractivity contribution >= 4 is 17.7 Å². The van der Waals surface area contributed by atoms with E-state index in [4.69, 9.17) is 0 Å². The SMILES string of the molecule is C=CCN(CC=C)C(=O)C[C@]1(c2ccccc2)CC(=O)N(Cc2cccnc2)C1=O. The molecule has 0 N–H and O–H groups in total. The van der Waals surface area contributed by atoms with E-state index in [1.807, 2.05) is 24.3 Å². The number of hydrogen-bond donors (Lipinski definition) is 0. The molecule has 154 valence electrons. The first-order chi connectivity index (χ1) is 14.5. The predicted molar refractivity (Wildman–Crippen MR) is 114 cm³/mol. The lowest BCUT2D eigenvalue weighted by molar-refractivity contribution is -0.143. The summed E-state index contributed by atoms with van der Waals surface area (Å²) in [4.78, 5) is 46.5. The van der Waals surface area contributed by atoms with Crippen LogP contribution in [0.15, 0.2) is 80.2 Å². The fraction of sp³-hybridized carbons (Fsp3) is 0.250. The second-order valence-electron chi connectivity index (χ2n) is 7.32. The number of imide groups is 1. The average molecular weight is 403 g/mol. The minimum Gasteiger partial charge on any atom is -0.335 e. The Kier molecular flexibility index (Phi) is 6.57. The first-order valence-corrected chi connectivity index (χ1v) is 9.80. The number of benzene rings is 1. The Balaban J connectivity index is 1.96. The van der Waals surface area contributed by atoms with Gasteiger partial charge in [0, 0.05) is 38.3 Å². The minimum absolute atomic E-state index is 0.0438. The maximum atomic E-state index is 13.6. The van der Waals surface area contributed by atoms with Crippen molar-refractivity contribution in [3.63, 3.8) is 0 Å². The molecule has 1 aliphatic rings. The molecule has 0 spiro atoms. The number of rotatable bonds is 9. The molecule has 3 rings (SSSR count). The summed E-state index contributed by atoms with van der Waals surface area (Å²) in [5.41, 5.74) is 0.204. The largest absolute Gasteiger partial charge is 0.335 e. The molecule has 2 heterocycles. The smallest absolute Gasteiger partial charge is 0.241 e. The standard InChI is InChI=1S/C24H25N3O3/c1-3-13-26(14-4-2)21(28)15-24(20-10-6-5-7-11-20)16-22(29)27(23(24)30)18-19-9-8-12-25-17-19/h3-12,17H,1-2,13-16,18H2/t24-/m1/s1. The molecule has 1 aliphatic heterocycles. The number of nitrogens with zero attached hydrogens (tertiary/aromatic N) is 3. The van der Waals surface area contributed by atoms with E-state index in [2.05, 4.69) is 18.1 Å². The molecule has 0 bridgehead atoms. The topological polar surface area (TPSA) is 70.6 Å². The Morgan fingerprint density at radius 3 is 2.40 bits per heavy atom. The first kappa shape index (κ1) is 21.2. The van der Waals surface area contributed by atoms with Crippen molar-refractivity contribution in [1.82, 2.24) is 14.8 Å². The van der Waals surface area contributed by atoms with Crippen LogP contribution in [0.5, 0.6) is 0 Å². The third-order valence-corrected chi connectivity index (χ3v) is 5.30. The van der Waals surface area contributed by atoms with Crippen LogP contribution < -0.4 is 0 Å². The third-order valence-electron chi connectivity index (χ3n) is 5.30. The predicted octanol–water partition coefficient (Wildman–Crippen LogP) is 2.87. The molecule has 2 aromatic rings. The molecule has 3 amide bonds. The Labute approximate surface area is 176 Å². The molecular formula is C24H25N3O3. The van der Waals surface area contributed by atoms with Gasteiger partial charge in [0.15, 0.2) is 0 Å². The highest BCUT2D eigenvalue weighted by Gasteiger charge is 2.53. The molecular weight excluding hydrogens is 378 g/mol. The zero-order valence-corrected chi connectivity index (χ0v) is 16.9. The van der Waals surface area contributed by atoms with E-state index in [9.17, 15) is 14.4 Å². The highest BCUT2D eigenvalue weighted by molar-refractivity contribution is 6.10. The minimum atomic E-state index is -1.22. The van der Waals surface area contributed by atoms with Crippen molar-refractivity contribution in [3.8, 4) is 0 Å². The Morgan fingerprint density at radius 1 is 1.10 bits per heavy atom. The number of carbonyl (C=O) groups is 3. The molecule has 1 saturated heterocycles. The first-order valence-electron chi connectivity index (χ1n) is 9.80. The molecule has 1 atom stereocenters. The lowest BCUT2D eigenvalue weighted by atomic mass is 9.75. The Bertz CT molecular complexity index is 933. The second-order valence-corrected chi connectivity index (χ2v) is 7.32. The van der Waals surface area contributed by atoms with Gasteiger partial charge in [-0.3, -0.25) is 24.3 Å². The lowest BCUT2D eigenvalue weighted by Crippen LogP contribution is -2.43. The lowest BCUT2D eigenvalue weighted by Gasteiger charge is -2.30. The highest BCUT2D eigenvalue weighted by atomic mass is 16.2. The maximum Gasteiger partial charge on any atom is 0.241 e. The Morgan fingerprint density at radius 2 is 1.80 bits per heavy atom. The van der Waals surface area contributed by atoms with Crippen molar-refractivity contribution in [2.24, 2.45) is 0 Å². The van der Waals surface area contributed by atoms with Crippen LogP contribution in [0.4, 0.5) is 0 Å². The summed E-state index contributed by atoms with van der Waals surface area (Å²) in [6.45, 7) is 8.22. The van der Waals surface area contributed by atoms with Crippen molar-refractivity contribution in [1.29, 1.82) is 0 Å². The van der Waals surface area contributed by atoms with E-state index in [1.165, 1.54) is 4.90 Å². The fourth-order valence-electron chi connectivity index (χ4n) is 3.82. The van der Waals surface area contributed by atoms with E-state index in [1.54, 1.807) is 47.6 Å². The van der Waals surface area contributed by atoms with Gasteiger partial charge < -0.3 is 4.90 Å². The maximum absolute atomic E-state index is 13.6. The normalized spacial score (nSPS) is 18.3. The zero-order chi connectivity index (χ0) is 21.6. The van der Waals surface area contributed by atoms with E-state index in [-0.39, 0.29) is 37.1 Å². The summed E-state index contributed by atoms with van der Waals surface area (Å²) in [5.74, 6) is -0.865. The number of amides is 3. The van der Waals surface area contributed by atoms with Crippen LogP contribution in [0, 0.1) is 0 Å². The van der Waals surface area contributed by atoms with Gasteiger partial charge in [0.2, 0.25) is 17.7 Å². The van der Waals surface area contributed by atoms with Crippen molar-refractivity contribution in [3.05, 3.63) is 91.3 Å². The highest BCUT2D eigenvalue weighted by Crippen LogP contribution is 2.40. The van der Waals surface area contributed by atoms with Crippen LogP contribution in [-0.2, 0) is 26.3 Å². The van der Waals surface area contributed by atoms with Crippen LogP contribution >= 0.6 is 0 Å². The van der Waals surface area contributed by atoms with Gasteiger partial charge in [0.05, 0.1) is 12.0 Å². The molecule has 1 fully saturated rings. The quantitative estimate of drug-likeness (QED) is 0.477. The van der Waals surface area contributed by atoms with E-state index < -0.39 is 5.41 Å². The molecule has 0 unspecified atom stereocenters. The molecule has 0 saturated carbocycles. The van der Waals surface area contributed by atoms with Gasteiger partial charge in [0.25, 0.3) is 0 Å². The average Bonchev–Trinajstić information content (AvgIpc) is 3.00. The molecule has 6 heteroatoms. The fourth-order valence-corrected chi connectivity index (χ4v) is 3.82. The van der Waals surface area contributed by atoms with Crippen molar-refractivity contribution in [2.45, 2.75) is 24.8 Å². The summed E-state index contributed by atoms with van der Waals surface area (Å²) in [6.07, 6.45) is 6.40. The summed E-state index contributed by atoms with van der Waals surface area (Å²) in [7, 11) is 0. The van der Waals surface area contributed by atoms with Gasteiger partial charge >= 0.3 is 0 Å². The third kappa shape index (κ3) is 4.22. The number of hydrogen-bond acceptors (Lipinski definition) is 4. The van der Waals surface area contributed by atoms with Gasteiger partial charge in [-0.05, 0) is 17.2 Å². The van der Waals surface area contributed by atoms with Gasteiger partial charge in [-0.25, -0.2) is 0 Å². The number of likely N-dealkylation sites (tertiary alicyclic amines) is 1. The molecule has 0 radical (unpaired) electrons. The van der Waals surface area contributed by atoms with Crippen LogP contribution in [0.2, 0.25) is 0 Å². The zero-order valence-electron chi connectivity index (χ0n) is 16.9. The summed E-state index contributed by atoms with van der Waals surface area (Å²) in [5, 5.41) is 0. The second kappa shape index (κ2) is 9.31. The molecule has 1 aromatic carbocycles.